The molecule has 0 spiro atoms. The van der Waals surface area contributed by atoms with Gasteiger partial charge in [0.25, 0.3) is 0 Å². The Kier molecular flexibility index (Phi) is 5.88. The highest BCUT2D eigenvalue weighted by molar-refractivity contribution is 4.72. The third kappa shape index (κ3) is 4.77. The Morgan fingerprint density at radius 1 is 1.64 bits per heavy atom. The summed E-state index contributed by atoms with van der Waals surface area (Å²) in [5, 5.41) is 3.52. The normalized spacial score (nSPS) is 23.6. The molecule has 1 fully saturated rings. The summed E-state index contributed by atoms with van der Waals surface area (Å²) in [5.74, 6) is 0. The highest BCUT2D eigenvalue weighted by atomic mass is 16.5. The highest BCUT2D eigenvalue weighted by Crippen LogP contribution is 2.14. The van der Waals surface area contributed by atoms with Crippen molar-refractivity contribution in [3.05, 3.63) is 12.7 Å². The van der Waals surface area contributed by atoms with Crippen molar-refractivity contribution in [1.82, 2.24) is 5.32 Å². The summed E-state index contributed by atoms with van der Waals surface area (Å²) in [6.45, 7) is 8.02. The molecule has 1 heterocycles. The van der Waals surface area contributed by atoms with E-state index in [1.54, 1.807) is 0 Å². The lowest BCUT2D eigenvalue weighted by Gasteiger charge is -2.14. The molecule has 1 aliphatic heterocycles. The number of nitrogens with one attached hydrogen (secondary N) is 1. The second kappa shape index (κ2) is 7.02. The van der Waals surface area contributed by atoms with Gasteiger partial charge in [0.15, 0.2) is 0 Å². The summed E-state index contributed by atoms with van der Waals surface area (Å²) in [5.41, 5.74) is 0. The van der Waals surface area contributed by atoms with Crippen LogP contribution in [0.1, 0.15) is 39.0 Å². The fraction of sp³-hybridized carbons (Fsp3) is 0.833. The van der Waals surface area contributed by atoms with E-state index in [0.717, 1.165) is 19.6 Å². The SMILES string of the molecule is C=CCCC(C)NCCC1CCCO1. The van der Waals surface area contributed by atoms with Crippen LogP contribution in [0, 0.1) is 0 Å². The van der Waals surface area contributed by atoms with E-state index in [2.05, 4.69) is 18.8 Å². The molecule has 1 N–H and O–H groups in total. The smallest absolute Gasteiger partial charge is 0.0588 e. The zero-order chi connectivity index (χ0) is 10.2. The van der Waals surface area contributed by atoms with E-state index >= 15 is 0 Å². The maximum Gasteiger partial charge on any atom is 0.0588 e. The molecule has 2 atom stereocenters. The van der Waals surface area contributed by atoms with Crippen molar-refractivity contribution in [3.8, 4) is 0 Å². The summed E-state index contributed by atoms with van der Waals surface area (Å²) in [6.07, 6.45) is 8.47. The van der Waals surface area contributed by atoms with Crippen LogP contribution in [0.3, 0.4) is 0 Å². The second-order valence-corrected chi connectivity index (χ2v) is 4.14. The molecular weight excluding hydrogens is 174 g/mol. The van der Waals surface area contributed by atoms with Crippen LogP contribution >= 0.6 is 0 Å². The molecule has 0 bridgehead atoms. The van der Waals surface area contributed by atoms with Gasteiger partial charge in [-0.1, -0.05) is 6.08 Å². The number of allylic oxidation sites excluding steroid dienone is 1. The monoisotopic (exact) mass is 197 g/mol. The van der Waals surface area contributed by atoms with Crippen molar-refractivity contribution in [2.45, 2.75) is 51.2 Å². The Hall–Kier alpha value is -0.340. The van der Waals surface area contributed by atoms with E-state index in [0.29, 0.717) is 12.1 Å². The minimum atomic E-state index is 0.522. The van der Waals surface area contributed by atoms with E-state index in [-0.39, 0.29) is 0 Å². The fourth-order valence-corrected chi connectivity index (χ4v) is 1.83. The van der Waals surface area contributed by atoms with Gasteiger partial charge in [0.1, 0.15) is 0 Å². The lowest BCUT2D eigenvalue weighted by atomic mass is 10.1. The van der Waals surface area contributed by atoms with Gasteiger partial charge in [-0.05, 0) is 45.6 Å². The van der Waals surface area contributed by atoms with Crippen LogP contribution in [0.5, 0.6) is 0 Å². The molecule has 2 unspecified atom stereocenters. The van der Waals surface area contributed by atoms with Crippen molar-refractivity contribution in [1.29, 1.82) is 0 Å². The van der Waals surface area contributed by atoms with Gasteiger partial charge in [0, 0.05) is 12.6 Å². The van der Waals surface area contributed by atoms with Gasteiger partial charge in [-0.25, -0.2) is 0 Å². The summed E-state index contributed by atoms with van der Waals surface area (Å²) in [7, 11) is 0. The van der Waals surface area contributed by atoms with Crippen molar-refractivity contribution in [2.24, 2.45) is 0 Å². The number of hydrogen-bond donors (Lipinski definition) is 1. The molecule has 0 saturated carbocycles. The van der Waals surface area contributed by atoms with Gasteiger partial charge in [0.2, 0.25) is 0 Å². The standard InChI is InChI=1S/C12H23NO/c1-3-4-6-11(2)13-9-8-12-7-5-10-14-12/h3,11-13H,1,4-10H2,2H3. The molecule has 0 aromatic carbocycles. The van der Waals surface area contributed by atoms with Crippen LogP contribution in [0.25, 0.3) is 0 Å². The summed E-state index contributed by atoms with van der Waals surface area (Å²) < 4.78 is 5.56. The Bertz CT molecular complexity index is 152. The van der Waals surface area contributed by atoms with Crippen LogP contribution in [-0.2, 0) is 4.74 Å². The number of rotatable bonds is 7. The minimum absolute atomic E-state index is 0.522. The molecule has 1 saturated heterocycles. The number of hydrogen-bond acceptors (Lipinski definition) is 2. The van der Waals surface area contributed by atoms with Crippen LogP contribution in [0.4, 0.5) is 0 Å². The third-order valence-electron chi connectivity index (χ3n) is 2.79. The van der Waals surface area contributed by atoms with Gasteiger partial charge in [0.05, 0.1) is 6.10 Å². The maximum absolute atomic E-state index is 5.56. The molecule has 0 amide bonds. The van der Waals surface area contributed by atoms with Gasteiger partial charge in [-0.3, -0.25) is 0 Å². The molecule has 0 aliphatic carbocycles. The molecule has 2 nitrogen and oxygen atoms in total. The molecule has 2 heteroatoms. The fourth-order valence-electron chi connectivity index (χ4n) is 1.83. The average molecular weight is 197 g/mol. The zero-order valence-electron chi connectivity index (χ0n) is 9.30. The predicted octanol–water partition coefficient (Wildman–Crippen LogP) is 2.50. The molecule has 1 aliphatic rings. The topological polar surface area (TPSA) is 21.3 Å². The first kappa shape index (κ1) is 11.7. The molecule has 14 heavy (non-hydrogen) atoms. The summed E-state index contributed by atoms with van der Waals surface area (Å²) in [6, 6.07) is 0.606. The summed E-state index contributed by atoms with van der Waals surface area (Å²) >= 11 is 0. The average Bonchev–Trinajstić information content (AvgIpc) is 2.67. The van der Waals surface area contributed by atoms with Crippen molar-refractivity contribution in [2.75, 3.05) is 13.2 Å². The van der Waals surface area contributed by atoms with Crippen molar-refractivity contribution >= 4 is 0 Å². The van der Waals surface area contributed by atoms with E-state index in [9.17, 15) is 0 Å². The van der Waals surface area contributed by atoms with E-state index in [1.165, 1.54) is 25.7 Å². The zero-order valence-corrected chi connectivity index (χ0v) is 9.30. The molecule has 1 rings (SSSR count). The van der Waals surface area contributed by atoms with Crippen LogP contribution in [0.15, 0.2) is 12.7 Å². The molecule has 0 radical (unpaired) electrons. The van der Waals surface area contributed by atoms with Gasteiger partial charge in [-0.15, -0.1) is 6.58 Å². The molecule has 0 aromatic rings. The molecule has 82 valence electrons. The highest BCUT2D eigenvalue weighted by Gasteiger charge is 2.14. The Balaban J connectivity index is 1.93. The predicted molar refractivity (Wildman–Crippen MR) is 60.5 cm³/mol. The van der Waals surface area contributed by atoms with E-state index in [1.807, 2.05) is 6.08 Å². The third-order valence-corrected chi connectivity index (χ3v) is 2.79. The first-order valence-corrected chi connectivity index (χ1v) is 5.79. The molecule has 0 aromatic heterocycles. The largest absolute Gasteiger partial charge is 0.378 e. The Morgan fingerprint density at radius 3 is 3.14 bits per heavy atom. The summed E-state index contributed by atoms with van der Waals surface area (Å²) in [4.78, 5) is 0. The second-order valence-electron chi connectivity index (χ2n) is 4.14. The lowest BCUT2D eigenvalue weighted by molar-refractivity contribution is 0.103. The molecular formula is C12H23NO. The van der Waals surface area contributed by atoms with Crippen LogP contribution in [-0.4, -0.2) is 25.3 Å². The van der Waals surface area contributed by atoms with Crippen LogP contribution in [0.2, 0.25) is 0 Å². The first-order chi connectivity index (χ1) is 6.83. The lowest BCUT2D eigenvalue weighted by Crippen LogP contribution is -2.28. The van der Waals surface area contributed by atoms with E-state index in [4.69, 9.17) is 4.74 Å². The van der Waals surface area contributed by atoms with Gasteiger partial charge in [-0.2, -0.15) is 0 Å². The van der Waals surface area contributed by atoms with Crippen LogP contribution < -0.4 is 5.32 Å². The van der Waals surface area contributed by atoms with E-state index < -0.39 is 0 Å². The maximum atomic E-state index is 5.56. The Morgan fingerprint density at radius 2 is 2.50 bits per heavy atom. The Labute approximate surface area is 87.7 Å². The quantitative estimate of drug-likeness (QED) is 0.633. The van der Waals surface area contributed by atoms with Gasteiger partial charge >= 0.3 is 0 Å². The minimum Gasteiger partial charge on any atom is -0.378 e. The van der Waals surface area contributed by atoms with Crippen molar-refractivity contribution in [3.63, 3.8) is 0 Å². The van der Waals surface area contributed by atoms with Crippen molar-refractivity contribution < 1.29 is 4.74 Å². The van der Waals surface area contributed by atoms with Gasteiger partial charge < -0.3 is 10.1 Å². The first-order valence-electron chi connectivity index (χ1n) is 5.79. The number of ether oxygens (including phenoxy) is 1.